The first-order valence-corrected chi connectivity index (χ1v) is 7.82. The molecular formula is C16H13ClN2S. The maximum absolute atomic E-state index is 5.90. The highest BCUT2D eigenvalue weighted by Crippen LogP contribution is 2.26. The van der Waals surface area contributed by atoms with E-state index in [1.165, 1.54) is 4.90 Å². The zero-order valence-electron chi connectivity index (χ0n) is 10.9. The van der Waals surface area contributed by atoms with Crippen molar-refractivity contribution in [2.75, 3.05) is 6.26 Å². The van der Waals surface area contributed by atoms with Crippen LogP contribution >= 0.6 is 23.4 Å². The van der Waals surface area contributed by atoms with Crippen LogP contribution in [-0.2, 0) is 0 Å². The Balaban J connectivity index is 1.91. The Morgan fingerprint density at radius 1 is 0.950 bits per heavy atom. The fraction of sp³-hybridized carbons (Fsp3) is 0.0625. The number of H-pyrrole nitrogens is 1. The van der Waals surface area contributed by atoms with Gasteiger partial charge in [-0.3, -0.25) is 5.10 Å². The van der Waals surface area contributed by atoms with E-state index < -0.39 is 0 Å². The molecule has 0 aliphatic rings. The number of hydrogen-bond acceptors (Lipinski definition) is 2. The molecule has 1 aromatic heterocycles. The van der Waals surface area contributed by atoms with Gasteiger partial charge in [0.2, 0.25) is 0 Å². The third-order valence-electron chi connectivity index (χ3n) is 3.12. The third-order valence-corrected chi connectivity index (χ3v) is 4.11. The van der Waals surface area contributed by atoms with E-state index in [1.54, 1.807) is 11.8 Å². The van der Waals surface area contributed by atoms with Gasteiger partial charge in [-0.05, 0) is 42.2 Å². The summed E-state index contributed by atoms with van der Waals surface area (Å²) in [5.41, 5.74) is 4.13. The van der Waals surface area contributed by atoms with Crippen molar-refractivity contribution < 1.29 is 0 Å². The average molecular weight is 301 g/mol. The number of aromatic nitrogens is 2. The van der Waals surface area contributed by atoms with Gasteiger partial charge in [-0.25, -0.2) is 0 Å². The summed E-state index contributed by atoms with van der Waals surface area (Å²) in [6.07, 6.45) is 2.07. The van der Waals surface area contributed by atoms with Gasteiger partial charge in [-0.2, -0.15) is 5.10 Å². The lowest BCUT2D eigenvalue weighted by atomic mass is 10.1. The molecule has 100 valence electrons. The van der Waals surface area contributed by atoms with Crippen molar-refractivity contribution in [3.8, 4) is 22.5 Å². The third kappa shape index (κ3) is 2.74. The van der Waals surface area contributed by atoms with Gasteiger partial charge >= 0.3 is 0 Å². The minimum Gasteiger partial charge on any atom is -0.277 e. The fourth-order valence-electron chi connectivity index (χ4n) is 2.01. The zero-order valence-corrected chi connectivity index (χ0v) is 12.5. The van der Waals surface area contributed by atoms with Crippen molar-refractivity contribution in [1.82, 2.24) is 10.2 Å². The molecular weight excluding hydrogens is 288 g/mol. The van der Waals surface area contributed by atoms with Crippen molar-refractivity contribution in [2.24, 2.45) is 0 Å². The van der Waals surface area contributed by atoms with E-state index in [4.69, 9.17) is 11.6 Å². The van der Waals surface area contributed by atoms with Crippen LogP contribution in [0.15, 0.2) is 59.5 Å². The van der Waals surface area contributed by atoms with Gasteiger partial charge < -0.3 is 0 Å². The first-order valence-electron chi connectivity index (χ1n) is 6.22. The van der Waals surface area contributed by atoms with Crippen LogP contribution < -0.4 is 0 Å². The van der Waals surface area contributed by atoms with E-state index in [1.807, 2.05) is 24.3 Å². The molecule has 0 spiro atoms. The predicted molar refractivity (Wildman–Crippen MR) is 86.3 cm³/mol. The molecule has 0 atom stereocenters. The van der Waals surface area contributed by atoms with Crippen LogP contribution in [0.2, 0.25) is 5.02 Å². The van der Waals surface area contributed by atoms with E-state index >= 15 is 0 Å². The number of halogens is 1. The molecule has 4 heteroatoms. The number of thioether (sulfide) groups is 1. The molecule has 1 heterocycles. The molecule has 2 nitrogen and oxygen atoms in total. The molecule has 0 amide bonds. The van der Waals surface area contributed by atoms with E-state index in [0.29, 0.717) is 0 Å². The summed E-state index contributed by atoms with van der Waals surface area (Å²) in [5, 5.41) is 8.18. The molecule has 3 rings (SSSR count). The van der Waals surface area contributed by atoms with Crippen LogP contribution in [0.25, 0.3) is 22.5 Å². The second kappa shape index (κ2) is 5.73. The number of hydrogen-bond donors (Lipinski definition) is 1. The maximum atomic E-state index is 5.90. The molecule has 0 aliphatic heterocycles. The van der Waals surface area contributed by atoms with Crippen LogP contribution in [-0.4, -0.2) is 16.5 Å². The van der Waals surface area contributed by atoms with Crippen LogP contribution in [0.4, 0.5) is 0 Å². The lowest BCUT2D eigenvalue weighted by molar-refractivity contribution is 1.10. The van der Waals surface area contributed by atoms with Gasteiger partial charge in [0.15, 0.2) is 0 Å². The summed E-state index contributed by atoms with van der Waals surface area (Å²) < 4.78 is 0. The summed E-state index contributed by atoms with van der Waals surface area (Å²) in [5.74, 6) is 0. The Labute approximate surface area is 127 Å². The summed E-state index contributed by atoms with van der Waals surface area (Å²) >= 11 is 7.64. The topological polar surface area (TPSA) is 28.7 Å². The van der Waals surface area contributed by atoms with Crippen molar-refractivity contribution in [2.45, 2.75) is 4.90 Å². The number of nitrogens with zero attached hydrogens (tertiary/aromatic N) is 1. The molecule has 0 saturated heterocycles. The SMILES string of the molecule is CSc1ccc(-c2cc(-c3ccc(Cl)cc3)[nH]n2)cc1. The largest absolute Gasteiger partial charge is 0.277 e. The Hall–Kier alpha value is -1.71. The predicted octanol–water partition coefficient (Wildman–Crippen LogP) is 5.12. The fourth-order valence-corrected chi connectivity index (χ4v) is 2.54. The van der Waals surface area contributed by atoms with Gasteiger partial charge in [-0.1, -0.05) is 35.9 Å². The number of rotatable bonds is 3. The number of nitrogens with one attached hydrogen (secondary N) is 1. The minimum absolute atomic E-state index is 0.737. The van der Waals surface area contributed by atoms with Crippen LogP contribution in [0.1, 0.15) is 0 Å². The highest BCUT2D eigenvalue weighted by atomic mass is 35.5. The molecule has 0 unspecified atom stereocenters. The zero-order chi connectivity index (χ0) is 13.9. The molecule has 2 aromatic carbocycles. The van der Waals surface area contributed by atoms with Gasteiger partial charge in [-0.15, -0.1) is 11.8 Å². The van der Waals surface area contributed by atoms with Gasteiger partial charge in [0.1, 0.15) is 0 Å². The molecule has 0 radical (unpaired) electrons. The summed E-state index contributed by atoms with van der Waals surface area (Å²) in [4.78, 5) is 1.25. The second-order valence-corrected chi connectivity index (χ2v) is 5.72. The lowest BCUT2D eigenvalue weighted by Gasteiger charge is -1.98. The molecule has 0 fully saturated rings. The van der Waals surface area contributed by atoms with Crippen molar-refractivity contribution in [3.63, 3.8) is 0 Å². The normalized spacial score (nSPS) is 10.7. The number of aromatic amines is 1. The molecule has 0 saturated carbocycles. The molecule has 0 bridgehead atoms. The quantitative estimate of drug-likeness (QED) is 0.680. The van der Waals surface area contributed by atoms with E-state index in [0.717, 1.165) is 27.5 Å². The second-order valence-electron chi connectivity index (χ2n) is 4.40. The standard InChI is InChI=1S/C16H13ClN2S/c1-20-14-8-4-12(5-9-14)16-10-15(18-19-16)11-2-6-13(17)7-3-11/h2-10H,1H3,(H,18,19). The monoisotopic (exact) mass is 300 g/mol. The van der Waals surface area contributed by atoms with Gasteiger partial charge in [0, 0.05) is 15.5 Å². The number of benzene rings is 2. The van der Waals surface area contributed by atoms with Crippen LogP contribution in [0.3, 0.4) is 0 Å². The Bertz CT molecular complexity index is 702. The summed E-state index contributed by atoms with van der Waals surface area (Å²) in [6, 6.07) is 18.2. The maximum Gasteiger partial charge on any atom is 0.0927 e. The van der Waals surface area contributed by atoms with Crippen molar-refractivity contribution in [3.05, 3.63) is 59.6 Å². The summed E-state index contributed by atoms with van der Waals surface area (Å²) in [7, 11) is 0. The lowest BCUT2D eigenvalue weighted by Crippen LogP contribution is -1.77. The van der Waals surface area contributed by atoms with Gasteiger partial charge in [0.05, 0.1) is 11.4 Å². The van der Waals surface area contributed by atoms with Crippen LogP contribution in [0, 0.1) is 0 Å². The van der Waals surface area contributed by atoms with E-state index in [-0.39, 0.29) is 0 Å². The highest BCUT2D eigenvalue weighted by Gasteiger charge is 2.05. The Kier molecular flexibility index (Phi) is 3.81. The van der Waals surface area contributed by atoms with Gasteiger partial charge in [0.25, 0.3) is 0 Å². The first kappa shape index (κ1) is 13.3. The van der Waals surface area contributed by atoms with Crippen molar-refractivity contribution >= 4 is 23.4 Å². The van der Waals surface area contributed by atoms with Crippen molar-refractivity contribution in [1.29, 1.82) is 0 Å². The van der Waals surface area contributed by atoms with Crippen LogP contribution in [0.5, 0.6) is 0 Å². The summed E-state index contributed by atoms with van der Waals surface area (Å²) in [6.45, 7) is 0. The first-order chi connectivity index (χ1) is 9.76. The van der Waals surface area contributed by atoms with E-state index in [9.17, 15) is 0 Å². The molecule has 3 aromatic rings. The Morgan fingerprint density at radius 2 is 1.60 bits per heavy atom. The highest BCUT2D eigenvalue weighted by molar-refractivity contribution is 7.98. The molecule has 0 aliphatic carbocycles. The minimum atomic E-state index is 0.737. The smallest absolute Gasteiger partial charge is 0.0927 e. The molecule has 1 N–H and O–H groups in total. The van der Waals surface area contributed by atoms with E-state index in [2.05, 4.69) is 46.8 Å². The Morgan fingerprint density at radius 3 is 2.25 bits per heavy atom. The average Bonchev–Trinajstić information content (AvgIpc) is 2.98. The molecule has 20 heavy (non-hydrogen) atoms.